The van der Waals surface area contributed by atoms with Gasteiger partial charge in [0.2, 0.25) is 0 Å². The van der Waals surface area contributed by atoms with Crippen LogP contribution < -0.4 is 26.4 Å². The molecule has 1 aliphatic carbocycles. The van der Waals surface area contributed by atoms with Gasteiger partial charge in [0.05, 0.1) is 22.2 Å². The third kappa shape index (κ3) is 8.29. The maximum absolute atomic E-state index is 12.7. The summed E-state index contributed by atoms with van der Waals surface area (Å²) >= 11 is 6.20. The van der Waals surface area contributed by atoms with Crippen LogP contribution in [0.4, 0.5) is 15.3 Å². The van der Waals surface area contributed by atoms with Gasteiger partial charge < -0.3 is 20.6 Å². The van der Waals surface area contributed by atoms with Crippen LogP contribution in [-0.2, 0) is 4.79 Å². The SMILES string of the molecule is CC(C)Oc1ccc(NNNC(=O)N(CC(C)(C)C(=O)O)C(=O)NCC2CCCC2)cc1Cl. The number of amides is 4. The van der Waals surface area contributed by atoms with E-state index in [9.17, 15) is 19.5 Å². The molecule has 33 heavy (non-hydrogen) atoms. The van der Waals surface area contributed by atoms with Crippen molar-refractivity contribution in [2.24, 2.45) is 11.3 Å². The molecule has 0 heterocycles. The van der Waals surface area contributed by atoms with E-state index < -0.39 is 23.4 Å². The van der Waals surface area contributed by atoms with Crippen LogP contribution in [0.25, 0.3) is 0 Å². The number of anilines is 1. The topological polar surface area (TPSA) is 132 Å². The third-order valence-electron chi connectivity index (χ3n) is 5.31. The minimum absolute atomic E-state index is 0.0282. The number of imide groups is 1. The summed E-state index contributed by atoms with van der Waals surface area (Å²) in [6, 6.07) is 3.55. The number of aliphatic carboxylic acids is 1. The number of carbonyl (C=O) groups excluding carboxylic acids is 2. The van der Waals surface area contributed by atoms with E-state index in [0.717, 1.165) is 30.6 Å². The Bertz CT molecular complexity index is 842. The highest BCUT2D eigenvalue weighted by molar-refractivity contribution is 6.32. The van der Waals surface area contributed by atoms with Crippen molar-refractivity contribution >= 4 is 35.3 Å². The van der Waals surface area contributed by atoms with Crippen LogP contribution in [0.1, 0.15) is 53.4 Å². The summed E-state index contributed by atoms with van der Waals surface area (Å²) in [6.07, 6.45) is 4.28. The van der Waals surface area contributed by atoms with E-state index in [1.165, 1.54) is 13.8 Å². The molecule has 0 saturated heterocycles. The van der Waals surface area contributed by atoms with Gasteiger partial charge in [0.25, 0.3) is 0 Å². The van der Waals surface area contributed by atoms with Crippen LogP contribution in [0.3, 0.4) is 0 Å². The summed E-state index contributed by atoms with van der Waals surface area (Å²) in [6.45, 7) is 6.83. The zero-order chi connectivity index (χ0) is 24.6. The smallest absolute Gasteiger partial charge is 0.341 e. The number of carboxylic acid groups (broad SMARTS) is 1. The van der Waals surface area contributed by atoms with Gasteiger partial charge in [0.1, 0.15) is 5.75 Å². The molecule has 10 nitrogen and oxygen atoms in total. The van der Waals surface area contributed by atoms with E-state index in [2.05, 4.69) is 21.7 Å². The highest BCUT2D eigenvalue weighted by Gasteiger charge is 2.35. The first kappa shape index (κ1) is 26.5. The number of ether oxygens (including phenoxy) is 1. The fraction of sp³-hybridized carbons (Fsp3) is 0.591. The van der Waals surface area contributed by atoms with Crippen molar-refractivity contribution in [1.82, 2.24) is 21.2 Å². The summed E-state index contributed by atoms with van der Waals surface area (Å²) in [4.78, 5) is 37.9. The van der Waals surface area contributed by atoms with Gasteiger partial charge in [-0.05, 0) is 64.7 Å². The van der Waals surface area contributed by atoms with E-state index >= 15 is 0 Å². The van der Waals surface area contributed by atoms with E-state index in [-0.39, 0.29) is 12.6 Å². The number of hydrazine groups is 2. The molecule has 1 fully saturated rings. The molecule has 184 valence electrons. The Kier molecular flexibility index (Phi) is 9.60. The lowest BCUT2D eigenvalue weighted by atomic mass is 9.93. The van der Waals surface area contributed by atoms with Crippen LogP contribution in [0.15, 0.2) is 18.2 Å². The monoisotopic (exact) mass is 483 g/mol. The summed E-state index contributed by atoms with van der Waals surface area (Å²) in [5.74, 6) is -0.214. The standard InChI is InChI=1S/C22H34ClN5O5/c1-14(2)33-18-10-9-16(11-17(18)23)25-27-26-21(32)28(13-22(3,4)19(29)30)20(31)24-12-15-7-5-6-8-15/h9-11,14-15,25,27H,5-8,12-13H2,1-4H3,(H,24,31)(H,26,32)(H,29,30). The van der Waals surface area contributed by atoms with E-state index in [1.54, 1.807) is 18.2 Å². The van der Waals surface area contributed by atoms with Crippen molar-refractivity contribution in [3.63, 3.8) is 0 Å². The van der Waals surface area contributed by atoms with Gasteiger partial charge >= 0.3 is 18.0 Å². The highest BCUT2D eigenvalue weighted by Crippen LogP contribution is 2.28. The molecule has 0 unspecified atom stereocenters. The molecule has 0 bridgehead atoms. The summed E-state index contributed by atoms with van der Waals surface area (Å²) in [5, 5.41) is 12.6. The number of hydrogen-bond donors (Lipinski definition) is 5. The van der Waals surface area contributed by atoms with Crippen LogP contribution in [-0.4, -0.2) is 47.2 Å². The minimum Gasteiger partial charge on any atom is -0.489 e. The number of hydrogen-bond acceptors (Lipinski definition) is 6. The number of benzene rings is 1. The molecular weight excluding hydrogens is 450 g/mol. The van der Waals surface area contributed by atoms with Gasteiger partial charge in [-0.25, -0.2) is 14.5 Å². The predicted molar refractivity (Wildman–Crippen MR) is 126 cm³/mol. The molecule has 0 aromatic heterocycles. The first-order valence-corrected chi connectivity index (χ1v) is 11.4. The molecule has 1 aliphatic rings. The van der Waals surface area contributed by atoms with E-state index in [4.69, 9.17) is 16.3 Å². The Morgan fingerprint density at radius 2 is 1.88 bits per heavy atom. The second-order valence-corrected chi connectivity index (χ2v) is 9.51. The fourth-order valence-electron chi connectivity index (χ4n) is 3.39. The molecule has 1 aromatic carbocycles. The van der Waals surface area contributed by atoms with Gasteiger partial charge in [-0.3, -0.25) is 10.2 Å². The van der Waals surface area contributed by atoms with Crippen molar-refractivity contribution in [3.05, 3.63) is 23.2 Å². The molecule has 11 heteroatoms. The fourth-order valence-corrected chi connectivity index (χ4v) is 3.62. The van der Waals surface area contributed by atoms with Gasteiger partial charge in [0, 0.05) is 13.1 Å². The van der Waals surface area contributed by atoms with Crippen molar-refractivity contribution in [1.29, 1.82) is 0 Å². The Morgan fingerprint density at radius 3 is 2.45 bits per heavy atom. The number of rotatable bonds is 10. The van der Waals surface area contributed by atoms with Crippen molar-refractivity contribution in [3.8, 4) is 5.75 Å². The lowest BCUT2D eigenvalue weighted by Gasteiger charge is -2.29. The quantitative estimate of drug-likeness (QED) is 0.318. The third-order valence-corrected chi connectivity index (χ3v) is 5.61. The molecule has 4 amide bonds. The van der Waals surface area contributed by atoms with Gasteiger partial charge in [-0.2, -0.15) is 0 Å². The maximum Gasteiger partial charge on any atom is 0.341 e. The Hall–Kier alpha value is -2.72. The van der Waals surface area contributed by atoms with Crippen molar-refractivity contribution in [2.75, 3.05) is 18.5 Å². The van der Waals surface area contributed by atoms with Crippen molar-refractivity contribution < 1.29 is 24.2 Å². The lowest BCUT2D eigenvalue weighted by Crippen LogP contribution is -2.56. The average Bonchev–Trinajstić information content (AvgIpc) is 3.25. The number of nitrogens with one attached hydrogen (secondary N) is 4. The minimum atomic E-state index is -1.32. The Labute approximate surface area is 199 Å². The van der Waals surface area contributed by atoms with E-state index in [0.29, 0.717) is 28.9 Å². The second kappa shape index (κ2) is 11.9. The number of carbonyl (C=O) groups is 3. The van der Waals surface area contributed by atoms with Crippen molar-refractivity contribution in [2.45, 2.75) is 59.5 Å². The number of urea groups is 2. The molecule has 1 saturated carbocycles. The first-order valence-electron chi connectivity index (χ1n) is 11.1. The summed E-state index contributed by atoms with van der Waals surface area (Å²) < 4.78 is 5.58. The molecule has 5 N–H and O–H groups in total. The second-order valence-electron chi connectivity index (χ2n) is 9.10. The number of nitrogens with zero attached hydrogens (tertiary/aromatic N) is 1. The molecule has 0 aliphatic heterocycles. The highest BCUT2D eigenvalue weighted by atomic mass is 35.5. The van der Waals surface area contributed by atoms with Crippen LogP contribution >= 0.6 is 11.6 Å². The van der Waals surface area contributed by atoms with Gasteiger partial charge in [0.15, 0.2) is 0 Å². The Morgan fingerprint density at radius 1 is 1.21 bits per heavy atom. The normalized spacial score (nSPS) is 14.1. The molecule has 0 radical (unpaired) electrons. The van der Waals surface area contributed by atoms with Crippen LogP contribution in [0.2, 0.25) is 5.02 Å². The molecule has 1 aromatic rings. The average molecular weight is 484 g/mol. The van der Waals surface area contributed by atoms with Crippen LogP contribution in [0.5, 0.6) is 5.75 Å². The van der Waals surface area contributed by atoms with E-state index in [1.807, 2.05) is 13.8 Å². The van der Waals surface area contributed by atoms with Crippen LogP contribution in [0, 0.1) is 11.3 Å². The maximum atomic E-state index is 12.7. The molecular formula is C22H34ClN5O5. The first-order chi connectivity index (χ1) is 15.5. The predicted octanol–water partition coefficient (Wildman–Crippen LogP) is 3.98. The zero-order valence-corrected chi connectivity index (χ0v) is 20.3. The Balaban J connectivity index is 1.97. The molecule has 0 atom stereocenters. The lowest BCUT2D eigenvalue weighted by molar-refractivity contribution is -0.147. The largest absolute Gasteiger partial charge is 0.489 e. The van der Waals surface area contributed by atoms with Gasteiger partial charge in [-0.1, -0.05) is 24.4 Å². The molecule has 2 rings (SSSR count). The number of halogens is 1. The molecule has 0 spiro atoms. The number of carboxylic acids is 1. The summed E-state index contributed by atoms with van der Waals surface area (Å²) in [5.41, 5.74) is 6.86. The zero-order valence-electron chi connectivity index (χ0n) is 19.5. The van der Waals surface area contributed by atoms with Gasteiger partial charge in [-0.15, -0.1) is 5.53 Å². The summed E-state index contributed by atoms with van der Waals surface area (Å²) in [7, 11) is 0.